The molecule has 100 valence electrons. The lowest BCUT2D eigenvalue weighted by molar-refractivity contribution is 0.452. The summed E-state index contributed by atoms with van der Waals surface area (Å²) in [4.78, 5) is 0.341. The third-order valence-electron chi connectivity index (χ3n) is 3.34. The van der Waals surface area contributed by atoms with Crippen molar-refractivity contribution in [3.05, 3.63) is 27.1 Å². The lowest BCUT2D eigenvalue weighted by atomic mass is 10.1. The summed E-state index contributed by atoms with van der Waals surface area (Å²) in [7, 11) is -3.38. The number of rotatable bonds is 3. The van der Waals surface area contributed by atoms with Gasteiger partial charge in [-0.25, -0.2) is 8.42 Å². The molecule has 0 aromatic heterocycles. The molecule has 1 aromatic carbocycles. The van der Waals surface area contributed by atoms with Gasteiger partial charge in [-0.15, -0.1) is 0 Å². The molecular weight excluding hydrogens is 382 g/mol. The predicted octanol–water partition coefficient (Wildman–Crippen LogP) is 3.63. The van der Waals surface area contributed by atoms with Gasteiger partial charge in [0, 0.05) is 22.0 Å². The monoisotopic (exact) mass is 395 g/mol. The first kappa shape index (κ1) is 14.5. The van der Waals surface area contributed by atoms with Crippen molar-refractivity contribution < 1.29 is 8.42 Å². The first-order valence-corrected chi connectivity index (χ1v) is 8.93. The smallest absolute Gasteiger partial charge is 0.207 e. The largest absolute Gasteiger partial charge is 0.244 e. The van der Waals surface area contributed by atoms with Gasteiger partial charge in [-0.1, -0.05) is 29.3 Å². The molecule has 0 bridgehead atoms. The van der Waals surface area contributed by atoms with Crippen LogP contribution in [0.4, 0.5) is 0 Å². The summed E-state index contributed by atoms with van der Waals surface area (Å²) in [6.07, 6.45) is 1.99. The average molecular weight is 397 g/mol. The number of halogens is 2. The molecule has 1 unspecified atom stereocenters. The van der Waals surface area contributed by atoms with E-state index in [2.05, 4.69) is 38.8 Å². The summed E-state index contributed by atoms with van der Waals surface area (Å²) in [5, 5.41) is 0. The second kappa shape index (κ2) is 5.61. The number of nitrogens with zero attached hydrogens (tertiary/aromatic N) is 1. The van der Waals surface area contributed by atoms with Crippen LogP contribution in [0.15, 0.2) is 32.0 Å². The Morgan fingerprint density at radius 2 is 2.11 bits per heavy atom. The molecule has 1 heterocycles. The quantitative estimate of drug-likeness (QED) is 0.782. The van der Waals surface area contributed by atoms with Crippen LogP contribution in [0.25, 0.3) is 0 Å². The highest BCUT2D eigenvalue weighted by Crippen LogP contribution is 2.31. The Balaban J connectivity index is 2.34. The fraction of sp³-hybridized carbons (Fsp3) is 0.500. The highest BCUT2D eigenvalue weighted by atomic mass is 79.9. The van der Waals surface area contributed by atoms with E-state index in [9.17, 15) is 8.42 Å². The third kappa shape index (κ3) is 2.81. The minimum Gasteiger partial charge on any atom is -0.207 e. The van der Waals surface area contributed by atoms with E-state index >= 15 is 0 Å². The van der Waals surface area contributed by atoms with Crippen LogP contribution >= 0.6 is 31.9 Å². The minimum atomic E-state index is -3.38. The maximum absolute atomic E-state index is 12.5. The molecule has 2 rings (SSSR count). The zero-order chi connectivity index (χ0) is 13.3. The molecule has 0 radical (unpaired) electrons. The molecule has 1 aliphatic heterocycles. The van der Waals surface area contributed by atoms with E-state index in [1.165, 1.54) is 0 Å². The van der Waals surface area contributed by atoms with Gasteiger partial charge in [0.2, 0.25) is 10.0 Å². The van der Waals surface area contributed by atoms with Gasteiger partial charge in [0.25, 0.3) is 0 Å². The molecule has 1 fully saturated rings. The molecule has 1 saturated heterocycles. The van der Waals surface area contributed by atoms with Crippen molar-refractivity contribution in [1.29, 1.82) is 0 Å². The molecule has 6 heteroatoms. The summed E-state index contributed by atoms with van der Waals surface area (Å²) < 4.78 is 28.1. The molecule has 0 amide bonds. The first-order chi connectivity index (χ1) is 8.45. The summed E-state index contributed by atoms with van der Waals surface area (Å²) in [6.45, 7) is 3.37. The lowest BCUT2D eigenvalue weighted by Gasteiger charge is -2.17. The van der Waals surface area contributed by atoms with E-state index in [1.807, 2.05) is 6.07 Å². The Morgan fingerprint density at radius 1 is 1.39 bits per heavy atom. The average Bonchev–Trinajstić information content (AvgIpc) is 2.81. The van der Waals surface area contributed by atoms with Crippen LogP contribution < -0.4 is 0 Å². The van der Waals surface area contributed by atoms with Crippen molar-refractivity contribution in [2.24, 2.45) is 5.92 Å². The topological polar surface area (TPSA) is 37.4 Å². The van der Waals surface area contributed by atoms with Crippen LogP contribution in [0.3, 0.4) is 0 Å². The van der Waals surface area contributed by atoms with Gasteiger partial charge >= 0.3 is 0 Å². The maximum atomic E-state index is 12.5. The molecule has 18 heavy (non-hydrogen) atoms. The Morgan fingerprint density at radius 3 is 2.72 bits per heavy atom. The summed E-state index contributed by atoms with van der Waals surface area (Å²) in [5.74, 6) is 0.491. The van der Waals surface area contributed by atoms with Gasteiger partial charge in [-0.05, 0) is 46.5 Å². The van der Waals surface area contributed by atoms with Gasteiger partial charge in [0.1, 0.15) is 0 Å². The number of sulfonamides is 1. The predicted molar refractivity (Wildman–Crippen MR) is 79.0 cm³/mol. The molecule has 0 aliphatic carbocycles. The molecule has 1 aromatic rings. The highest BCUT2D eigenvalue weighted by Gasteiger charge is 2.32. The number of hydrogen-bond acceptors (Lipinski definition) is 2. The van der Waals surface area contributed by atoms with Gasteiger partial charge in [-0.2, -0.15) is 4.31 Å². The maximum Gasteiger partial charge on any atom is 0.244 e. The van der Waals surface area contributed by atoms with E-state index in [-0.39, 0.29) is 0 Å². The number of benzene rings is 1. The molecule has 0 saturated carbocycles. The SMILES string of the molecule is CCC1CCN(S(=O)(=O)c2cc(Br)ccc2Br)C1. The third-order valence-corrected chi connectivity index (χ3v) is 6.69. The van der Waals surface area contributed by atoms with E-state index in [4.69, 9.17) is 0 Å². The van der Waals surface area contributed by atoms with E-state index in [1.54, 1.807) is 16.4 Å². The van der Waals surface area contributed by atoms with Gasteiger partial charge in [0.05, 0.1) is 4.90 Å². The molecule has 0 spiro atoms. The van der Waals surface area contributed by atoms with Gasteiger partial charge < -0.3 is 0 Å². The summed E-state index contributed by atoms with van der Waals surface area (Å²) in [5.41, 5.74) is 0. The molecule has 1 aliphatic rings. The lowest BCUT2D eigenvalue weighted by Crippen LogP contribution is -2.29. The Hall–Kier alpha value is 0.0900. The zero-order valence-electron chi connectivity index (χ0n) is 10.1. The van der Waals surface area contributed by atoms with Crippen molar-refractivity contribution in [1.82, 2.24) is 4.31 Å². The van der Waals surface area contributed by atoms with Crippen LogP contribution in [0.2, 0.25) is 0 Å². The van der Waals surface area contributed by atoms with Crippen LogP contribution in [0, 0.1) is 5.92 Å². The second-order valence-electron chi connectivity index (χ2n) is 4.50. The van der Waals surface area contributed by atoms with Crippen molar-refractivity contribution >= 4 is 41.9 Å². The zero-order valence-corrected chi connectivity index (χ0v) is 14.1. The van der Waals surface area contributed by atoms with E-state index < -0.39 is 10.0 Å². The van der Waals surface area contributed by atoms with E-state index in [0.717, 1.165) is 17.3 Å². The molecular formula is C12H15Br2NO2S. The van der Waals surface area contributed by atoms with Gasteiger partial charge in [-0.3, -0.25) is 0 Å². The Labute approximate surface area is 125 Å². The fourth-order valence-corrected chi connectivity index (χ4v) is 5.16. The van der Waals surface area contributed by atoms with Crippen molar-refractivity contribution in [2.75, 3.05) is 13.1 Å². The minimum absolute atomic E-state index is 0.341. The Kier molecular flexibility index (Phi) is 4.52. The Bertz CT molecular complexity index is 545. The number of hydrogen-bond donors (Lipinski definition) is 0. The first-order valence-electron chi connectivity index (χ1n) is 5.90. The molecule has 1 atom stereocenters. The standard InChI is InChI=1S/C12H15Br2NO2S/c1-2-9-5-6-15(8-9)18(16,17)12-7-10(13)3-4-11(12)14/h3-4,7,9H,2,5-6,8H2,1H3. The van der Waals surface area contributed by atoms with E-state index in [0.29, 0.717) is 28.4 Å². The van der Waals surface area contributed by atoms with Crippen molar-refractivity contribution in [2.45, 2.75) is 24.7 Å². The highest BCUT2D eigenvalue weighted by molar-refractivity contribution is 9.11. The van der Waals surface area contributed by atoms with Crippen molar-refractivity contribution in [3.63, 3.8) is 0 Å². The summed E-state index contributed by atoms with van der Waals surface area (Å²) in [6, 6.07) is 5.23. The van der Waals surface area contributed by atoms with Crippen LogP contribution in [-0.2, 0) is 10.0 Å². The molecule has 3 nitrogen and oxygen atoms in total. The van der Waals surface area contributed by atoms with Crippen molar-refractivity contribution in [3.8, 4) is 0 Å². The summed E-state index contributed by atoms with van der Waals surface area (Å²) >= 11 is 6.64. The van der Waals surface area contributed by atoms with Gasteiger partial charge in [0.15, 0.2) is 0 Å². The second-order valence-corrected chi connectivity index (χ2v) is 8.18. The van der Waals surface area contributed by atoms with Crippen LogP contribution in [0.5, 0.6) is 0 Å². The normalized spacial score (nSPS) is 21.4. The van der Waals surface area contributed by atoms with Crippen LogP contribution in [0.1, 0.15) is 19.8 Å². The van der Waals surface area contributed by atoms with Crippen LogP contribution in [-0.4, -0.2) is 25.8 Å². The molecule has 0 N–H and O–H groups in total. The fourth-order valence-electron chi connectivity index (χ4n) is 2.16.